The average molecular weight is 463 g/mol. The summed E-state index contributed by atoms with van der Waals surface area (Å²) in [6.45, 7) is 8.34. The molecule has 0 fully saturated rings. The normalized spacial score (nSPS) is 19.0. The van der Waals surface area contributed by atoms with E-state index in [0.717, 1.165) is 17.1 Å². The van der Waals surface area contributed by atoms with E-state index in [0.29, 0.717) is 35.6 Å². The zero-order valence-electron chi connectivity index (χ0n) is 18.6. The Morgan fingerprint density at radius 3 is 2.79 bits per heavy atom. The molecule has 33 heavy (non-hydrogen) atoms. The molecule has 1 aliphatic carbocycles. The van der Waals surface area contributed by atoms with E-state index >= 15 is 0 Å². The Morgan fingerprint density at radius 2 is 2.06 bits per heavy atom. The Hall–Kier alpha value is -3.52. The van der Waals surface area contributed by atoms with Crippen LogP contribution in [0.1, 0.15) is 38.3 Å². The van der Waals surface area contributed by atoms with Crippen molar-refractivity contribution in [1.29, 1.82) is 0 Å². The Kier molecular flexibility index (Phi) is 6.03. The minimum atomic E-state index is -0.621. The molecule has 0 aromatic heterocycles. The molecule has 0 amide bonds. The number of nitro benzene ring substituents is 1. The summed E-state index contributed by atoms with van der Waals surface area (Å²) in [4.78, 5) is 26.6. The smallest absolute Gasteiger partial charge is 0.269 e. The highest BCUT2D eigenvalue weighted by molar-refractivity contribution is 7.80. The zero-order chi connectivity index (χ0) is 23.8. The first kappa shape index (κ1) is 22.7. The summed E-state index contributed by atoms with van der Waals surface area (Å²) in [6.07, 6.45) is 2.76. The number of nitrogens with one attached hydrogen (secondary N) is 2. The lowest BCUT2D eigenvalue weighted by molar-refractivity contribution is -0.384. The van der Waals surface area contributed by atoms with Gasteiger partial charge in [-0.25, -0.2) is 0 Å². The van der Waals surface area contributed by atoms with Crippen LogP contribution in [0.15, 0.2) is 72.5 Å². The van der Waals surface area contributed by atoms with Gasteiger partial charge in [-0.3, -0.25) is 14.9 Å². The van der Waals surface area contributed by atoms with Crippen molar-refractivity contribution in [2.45, 2.75) is 32.7 Å². The van der Waals surface area contributed by atoms with E-state index in [1.807, 2.05) is 35.2 Å². The van der Waals surface area contributed by atoms with Gasteiger partial charge in [0.2, 0.25) is 0 Å². The highest BCUT2D eigenvalue weighted by atomic mass is 32.1. The lowest BCUT2D eigenvalue weighted by Gasteiger charge is -2.38. The van der Waals surface area contributed by atoms with Gasteiger partial charge < -0.3 is 15.5 Å². The number of hydrogen-bond acceptors (Lipinski definition) is 5. The number of ketones is 1. The van der Waals surface area contributed by atoms with E-state index in [2.05, 4.69) is 31.1 Å². The first-order valence-corrected chi connectivity index (χ1v) is 11.2. The van der Waals surface area contributed by atoms with Crippen molar-refractivity contribution in [2.75, 3.05) is 16.8 Å². The average Bonchev–Trinajstić information content (AvgIpc) is 2.91. The van der Waals surface area contributed by atoms with Crippen LogP contribution in [-0.2, 0) is 4.79 Å². The van der Waals surface area contributed by atoms with Crippen LogP contribution < -0.4 is 15.5 Å². The molecule has 170 valence electrons. The second kappa shape index (κ2) is 8.78. The lowest BCUT2D eigenvalue weighted by Crippen LogP contribution is -2.44. The van der Waals surface area contributed by atoms with E-state index in [-0.39, 0.29) is 16.9 Å². The minimum absolute atomic E-state index is 0.00887. The van der Waals surface area contributed by atoms with E-state index in [1.54, 1.807) is 12.1 Å². The molecule has 2 aliphatic rings. The number of rotatable bonds is 4. The number of carbonyl (C=O) groups is 1. The predicted octanol–water partition coefficient (Wildman–Crippen LogP) is 5.27. The Bertz CT molecular complexity index is 1190. The van der Waals surface area contributed by atoms with Crippen LogP contribution in [0.3, 0.4) is 0 Å². The van der Waals surface area contributed by atoms with Crippen LogP contribution in [0, 0.1) is 15.5 Å². The standard InChI is InChI=1S/C25H26N4O3S/c1-4-12-26-24(33)28-20-11-6-5-10-18(20)27-19-14-25(2,3)15-21(30)22(19)23(28)16-8-7-9-17(13-16)29(31)32/h4-11,13,23,27H,1,12,14-15H2,2-3H3,(H,26,33). The topological polar surface area (TPSA) is 87.5 Å². The SMILES string of the molecule is C=CCNC(=S)N1c2ccccc2NC2=C(C(=O)CC(C)(C)C2)C1c1cccc([N+](=O)[O-])c1. The van der Waals surface area contributed by atoms with Crippen LogP contribution in [0.5, 0.6) is 0 Å². The monoisotopic (exact) mass is 462 g/mol. The van der Waals surface area contributed by atoms with E-state index < -0.39 is 11.0 Å². The summed E-state index contributed by atoms with van der Waals surface area (Å²) >= 11 is 5.79. The Morgan fingerprint density at radius 1 is 1.30 bits per heavy atom. The van der Waals surface area contributed by atoms with Crippen molar-refractivity contribution < 1.29 is 9.72 Å². The van der Waals surface area contributed by atoms with Gasteiger partial charge in [-0.15, -0.1) is 6.58 Å². The maximum absolute atomic E-state index is 13.6. The maximum Gasteiger partial charge on any atom is 0.269 e. The van der Waals surface area contributed by atoms with Crippen molar-refractivity contribution in [3.63, 3.8) is 0 Å². The number of benzene rings is 2. The molecule has 1 atom stereocenters. The van der Waals surface area contributed by atoms with Gasteiger partial charge >= 0.3 is 0 Å². The number of allylic oxidation sites excluding steroid dienone is 1. The fraction of sp³-hybridized carbons (Fsp3) is 0.280. The summed E-state index contributed by atoms with van der Waals surface area (Å²) < 4.78 is 0. The molecule has 0 radical (unpaired) electrons. The van der Waals surface area contributed by atoms with Gasteiger partial charge in [0.15, 0.2) is 10.9 Å². The van der Waals surface area contributed by atoms with Crippen molar-refractivity contribution in [2.24, 2.45) is 5.41 Å². The summed E-state index contributed by atoms with van der Waals surface area (Å²) in [5, 5.41) is 18.6. The second-order valence-corrected chi connectivity index (χ2v) is 9.46. The molecule has 0 saturated carbocycles. The number of thiocarbonyl (C=S) groups is 1. The van der Waals surface area contributed by atoms with E-state index in [9.17, 15) is 14.9 Å². The van der Waals surface area contributed by atoms with Crippen molar-refractivity contribution in [3.8, 4) is 0 Å². The molecule has 7 nitrogen and oxygen atoms in total. The van der Waals surface area contributed by atoms with Gasteiger partial charge in [-0.2, -0.15) is 0 Å². The molecule has 0 saturated heterocycles. The predicted molar refractivity (Wildman–Crippen MR) is 134 cm³/mol. The highest BCUT2D eigenvalue weighted by Crippen LogP contribution is 2.48. The maximum atomic E-state index is 13.6. The fourth-order valence-electron chi connectivity index (χ4n) is 4.58. The molecule has 0 bridgehead atoms. The second-order valence-electron chi connectivity index (χ2n) is 9.07. The summed E-state index contributed by atoms with van der Waals surface area (Å²) in [6, 6.07) is 13.5. The molecule has 8 heteroatoms. The molecule has 0 spiro atoms. The van der Waals surface area contributed by atoms with Crippen molar-refractivity contribution >= 4 is 40.2 Å². The highest BCUT2D eigenvalue weighted by Gasteiger charge is 2.42. The van der Waals surface area contributed by atoms with Crippen LogP contribution in [0.25, 0.3) is 0 Å². The summed E-state index contributed by atoms with van der Waals surface area (Å²) in [7, 11) is 0. The van der Waals surface area contributed by atoms with Crippen LogP contribution >= 0.6 is 12.2 Å². The molecule has 1 unspecified atom stereocenters. The van der Waals surface area contributed by atoms with Crippen LogP contribution in [0.2, 0.25) is 0 Å². The van der Waals surface area contributed by atoms with Crippen molar-refractivity contribution in [1.82, 2.24) is 5.32 Å². The number of nitrogens with zero attached hydrogens (tertiary/aromatic N) is 2. The van der Waals surface area contributed by atoms with Crippen LogP contribution in [-0.4, -0.2) is 22.4 Å². The number of carbonyl (C=O) groups excluding carboxylic acids is 1. The molecular weight excluding hydrogens is 436 g/mol. The first-order chi connectivity index (χ1) is 15.7. The quantitative estimate of drug-likeness (QED) is 0.277. The molecule has 4 rings (SSSR count). The third kappa shape index (κ3) is 4.39. The first-order valence-electron chi connectivity index (χ1n) is 10.8. The van der Waals surface area contributed by atoms with E-state index in [1.165, 1.54) is 12.1 Å². The number of anilines is 2. The summed E-state index contributed by atoms with van der Waals surface area (Å²) in [5.41, 5.74) is 3.42. The van der Waals surface area contributed by atoms with Gasteiger partial charge in [-0.1, -0.05) is 44.2 Å². The largest absolute Gasteiger partial charge is 0.359 e. The third-order valence-corrected chi connectivity index (χ3v) is 6.25. The number of para-hydroxylation sites is 2. The summed E-state index contributed by atoms with van der Waals surface area (Å²) in [5.74, 6) is 0.00887. The third-order valence-electron chi connectivity index (χ3n) is 5.91. The van der Waals surface area contributed by atoms with Crippen molar-refractivity contribution in [3.05, 3.63) is 88.1 Å². The van der Waals surface area contributed by atoms with Gasteiger partial charge in [0.05, 0.1) is 22.3 Å². The molecule has 1 aliphatic heterocycles. The Labute approximate surface area is 198 Å². The van der Waals surface area contributed by atoms with Gasteiger partial charge in [0, 0.05) is 36.4 Å². The van der Waals surface area contributed by atoms with Gasteiger partial charge in [-0.05, 0) is 41.7 Å². The van der Waals surface area contributed by atoms with Crippen LogP contribution in [0.4, 0.5) is 17.1 Å². The minimum Gasteiger partial charge on any atom is -0.359 e. The molecule has 2 aromatic rings. The van der Waals surface area contributed by atoms with E-state index in [4.69, 9.17) is 12.2 Å². The fourth-order valence-corrected chi connectivity index (χ4v) is 4.87. The zero-order valence-corrected chi connectivity index (χ0v) is 19.4. The molecule has 2 aromatic carbocycles. The lowest BCUT2D eigenvalue weighted by atomic mass is 9.73. The number of fused-ring (bicyclic) bond motifs is 1. The molecule has 2 N–H and O–H groups in total. The number of non-ortho nitro benzene ring substituents is 1. The Balaban J connectivity index is 2.00. The number of nitro groups is 1. The number of hydrogen-bond donors (Lipinski definition) is 2. The van der Waals surface area contributed by atoms with Gasteiger partial charge in [0.25, 0.3) is 5.69 Å². The molecular formula is C25H26N4O3S. The molecule has 1 heterocycles. The van der Waals surface area contributed by atoms with Gasteiger partial charge in [0.1, 0.15) is 0 Å². The number of Topliss-reactive ketones (excluding diaryl/α,β-unsaturated/α-hetero) is 1.